The molecule has 4 atom stereocenters. The van der Waals surface area contributed by atoms with Crippen LogP contribution < -0.4 is 20.1 Å². The lowest BCUT2D eigenvalue weighted by Gasteiger charge is -2.39. The van der Waals surface area contributed by atoms with Crippen molar-refractivity contribution in [2.24, 2.45) is 28.6 Å². The standard InChI is InChI=1S/C31H41N3O6/c1-30(9-4-10-30)17-33-28(36)25-18-5-6-19(13-18)26(25)34-27(35)22-15-23(20(16-32)14-24(22)39-3)40-21-7-11-31(2,12-8-21)29(37)38/h14-15,18-19,21,25-26H,4-13,17H2,1-3H3,(H,33,36)(H,34,35)(H,37,38)/t18-,19+,21?,25?,26?,31?/m1/s1. The van der Waals surface area contributed by atoms with Crippen molar-refractivity contribution >= 4 is 17.8 Å². The molecule has 1 aromatic rings. The van der Waals surface area contributed by atoms with Gasteiger partial charge in [0.25, 0.3) is 5.91 Å². The number of benzene rings is 1. The van der Waals surface area contributed by atoms with Gasteiger partial charge in [-0.15, -0.1) is 0 Å². The predicted molar refractivity (Wildman–Crippen MR) is 147 cm³/mol. The molecule has 4 aliphatic carbocycles. The van der Waals surface area contributed by atoms with Crippen LogP contribution in [0.2, 0.25) is 0 Å². The average Bonchev–Trinajstić information content (AvgIpc) is 3.53. The molecule has 4 fully saturated rings. The summed E-state index contributed by atoms with van der Waals surface area (Å²) in [6.45, 7) is 4.64. The molecule has 0 spiro atoms. The fourth-order valence-corrected chi connectivity index (χ4v) is 7.31. The lowest BCUT2D eigenvalue weighted by atomic mass is 9.70. The van der Waals surface area contributed by atoms with Gasteiger partial charge in [0.2, 0.25) is 5.91 Å². The van der Waals surface area contributed by atoms with E-state index in [1.165, 1.54) is 19.6 Å². The molecule has 3 N–H and O–H groups in total. The highest BCUT2D eigenvalue weighted by Crippen LogP contribution is 2.49. The van der Waals surface area contributed by atoms with E-state index < -0.39 is 11.4 Å². The van der Waals surface area contributed by atoms with E-state index in [1.807, 2.05) is 0 Å². The number of fused-ring (bicyclic) bond motifs is 2. The van der Waals surface area contributed by atoms with Crippen LogP contribution in [0.3, 0.4) is 0 Å². The highest BCUT2D eigenvalue weighted by molar-refractivity contribution is 5.98. The number of hydrogen-bond donors (Lipinski definition) is 3. The van der Waals surface area contributed by atoms with Gasteiger partial charge in [-0.1, -0.05) is 13.3 Å². The summed E-state index contributed by atoms with van der Waals surface area (Å²) >= 11 is 0. The molecule has 2 unspecified atom stereocenters. The van der Waals surface area contributed by atoms with Crippen LogP contribution in [0, 0.1) is 39.9 Å². The number of carbonyl (C=O) groups excluding carboxylic acids is 2. The molecule has 0 aliphatic heterocycles. The number of amides is 2. The van der Waals surface area contributed by atoms with Crippen molar-refractivity contribution in [1.29, 1.82) is 5.26 Å². The number of hydrogen-bond acceptors (Lipinski definition) is 6. The molecule has 216 valence electrons. The second-order valence-corrected chi connectivity index (χ2v) is 13.1. The van der Waals surface area contributed by atoms with Crippen molar-refractivity contribution in [2.45, 2.75) is 90.2 Å². The lowest BCUT2D eigenvalue weighted by Crippen LogP contribution is -2.51. The minimum atomic E-state index is -0.808. The Morgan fingerprint density at radius 2 is 1.75 bits per heavy atom. The summed E-state index contributed by atoms with van der Waals surface area (Å²) in [6.07, 6.45) is 8.20. The molecule has 9 nitrogen and oxygen atoms in total. The van der Waals surface area contributed by atoms with Crippen molar-refractivity contribution < 1.29 is 29.0 Å². The minimum Gasteiger partial charge on any atom is -0.496 e. The van der Waals surface area contributed by atoms with Crippen LogP contribution in [-0.2, 0) is 9.59 Å². The number of carboxylic acid groups (broad SMARTS) is 1. The Kier molecular flexibility index (Phi) is 7.73. The van der Waals surface area contributed by atoms with Crippen LogP contribution in [0.15, 0.2) is 12.1 Å². The molecule has 40 heavy (non-hydrogen) atoms. The summed E-state index contributed by atoms with van der Waals surface area (Å²) in [5.74, 6) is -0.293. The summed E-state index contributed by atoms with van der Waals surface area (Å²) in [5.41, 5.74) is -0.0848. The molecular weight excluding hydrogens is 510 g/mol. The summed E-state index contributed by atoms with van der Waals surface area (Å²) in [5, 5.41) is 25.7. The molecule has 5 rings (SSSR count). The van der Waals surface area contributed by atoms with E-state index in [0.29, 0.717) is 32.2 Å². The largest absolute Gasteiger partial charge is 0.496 e. The maximum Gasteiger partial charge on any atom is 0.309 e. The molecule has 0 saturated heterocycles. The van der Waals surface area contributed by atoms with Crippen molar-refractivity contribution in [2.75, 3.05) is 13.7 Å². The SMILES string of the molecule is COc1cc(C#N)c(OC2CCC(C)(C(=O)O)CC2)cc1C(=O)NC1C(C(=O)NCC2(C)CCC2)[C@@H]2CC[C@H]1C2. The van der Waals surface area contributed by atoms with Gasteiger partial charge in [0.1, 0.15) is 17.6 Å². The van der Waals surface area contributed by atoms with Gasteiger partial charge >= 0.3 is 5.97 Å². The Labute approximate surface area is 236 Å². The average molecular weight is 552 g/mol. The number of carboxylic acids is 1. The molecule has 1 aromatic carbocycles. The van der Waals surface area contributed by atoms with Crippen LogP contribution in [0.25, 0.3) is 0 Å². The molecular formula is C31H41N3O6. The van der Waals surface area contributed by atoms with E-state index >= 15 is 0 Å². The molecule has 0 radical (unpaired) electrons. The third-order valence-electron chi connectivity index (χ3n) is 10.3. The number of nitrogens with zero attached hydrogens (tertiary/aromatic N) is 1. The predicted octanol–water partition coefficient (Wildman–Crippen LogP) is 4.43. The fourth-order valence-electron chi connectivity index (χ4n) is 7.31. The quantitative estimate of drug-likeness (QED) is 0.413. The first-order chi connectivity index (χ1) is 19.1. The second-order valence-electron chi connectivity index (χ2n) is 13.1. The van der Waals surface area contributed by atoms with E-state index in [9.17, 15) is 24.8 Å². The van der Waals surface area contributed by atoms with Crippen molar-refractivity contribution in [1.82, 2.24) is 10.6 Å². The molecule has 4 saturated carbocycles. The molecule has 9 heteroatoms. The van der Waals surface area contributed by atoms with Gasteiger partial charge in [-0.2, -0.15) is 5.26 Å². The molecule has 0 aromatic heterocycles. The van der Waals surface area contributed by atoms with Crippen molar-refractivity contribution in [3.63, 3.8) is 0 Å². The Morgan fingerprint density at radius 1 is 1.05 bits per heavy atom. The molecule has 2 amide bonds. The Morgan fingerprint density at radius 3 is 2.35 bits per heavy atom. The van der Waals surface area contributed by atoms with Crippen LogP contribution in [0.4, 0.5) is 0 Å². The van der Waals surface area contributed by atoms with Gasteiger partial charge in [-0.3, -0.25) is 14.4 Å². The summed E-state index contributed by atoms with van der Waals surface area (Å²) in [7, 11) is 1.45. The maximum atomic E-state index is 13.7. The minimum absolute atomic E-state index is 0.0344. The van der Waals surface area contributed by atoms with Crippen molar-refractivity contribution in [3.8, 4) is 17.6 Å². The van der Waals surface area contributed by atoms with Crippen molar-refractivity contribution in [3.05, 3.63) is 23.3 Å². The fraction of sp³-hybridized carbons (Fsp3) is 0.677. The second kappa shape index (κ2) is 10.9. The number of nitrogens with one attached hydrogen (secondary N) is 2. The van der Waals surface area contributed by atoms with Gasteiger partial charge in [0.15, 0.2) is 0 Å². The first-order valence-electron chi connectivity index (χ1n) is 14.7. The zero-order chi connectivity index (χ0) is 28.7. The summed E-state index contributed by atoms with van der Waals surface area (Å²) in [4.78, 5) is 38.6. The normalized spacial score (nSPS) is 31.9. The van der Waals surface area contributed by atoms with Gasteiger partial charge in [0.05, 0.1) is 35.7 Å². The lowest BCUT2D eigenvalue weighted by molar-refractivity contribution is -0.150. The van der Waals surface area contributed by atoms with E-state index in [-0.39, 0.29) is 69.8 Å². The number of rotatable bonds is 9. The Balaban J connectivity index is 1.31. The highest BCUT2D eigenvalue weighted by Gasteiger charge is 2.51. The smallest absolute Gasteiger partial charge is 0.309 e. The number of nitriles is 1. The zero-order valence-corrected chi connectivity index (χ0v) is 23.8. The monoisotopic (exact) mass is 551 g/mol. The van der Waals surface area contributed by atoms with Gasteiger partial charge in [-0.05, 0) is 88.0 Å². The van der Waals surface area contributed by atoms with Gasteiger partial charge in [0, 0.05) is 18.7 Å². The van der Waals surface area contributed by atoms with E-state index in [1.54, 1.807) is 13.0 Å². The Hall–Kier alpha value is -3.28. The summed E-state index contributed by atoms with van der Waals surface area (Å²) < 4.78 is 11.7. The highest BCUT2D eigenvalue weighted by atomic mass is 16.5. The van der Waals surface area contributed by atoms with Crippen LogP contribution in [0.1, 0.15) is 94.0 Å². The maximum absolute atomic E-state index is 13.7. The van der Waals surface area contributed by atoms with Crippen LogP contribution in [-0.4, -0.2) is 48.7 Å². The number of methoxy groups -OCH3 is 1. The number of aliphatic carboxylic acids is 1. The first kappa shape index (κ1) is 28.3. The van der Waals surface area contributed by atoms with E-state index in [0.717, 1.165) is 32.1 Å². The van der Waals surface area contributed by atoms with Crippen LogP contribution >= 0.6 is 0 Å². The third kappa shape index (κ3) is 5.37. The Bertz CT molecular complexity index is 1210. The molecule has 4 aliphatic rings. The van der Waals surface area contributed by atoms with E-state index in [2.05, 4.69) is 23.6 Å². The topological polar surface area (TPSA) is 138 Å². The van der Waals surface area contributed by atoms with Crippen LogP contribution in [0.5, 0.6) is 11.5 Å². The van der Waals surface area contributed by atoms with Gasteiger partial charge in [-0.25, -0.2) is 0 Å². The number of carbonyl (C=O) groups is 3. The van der Waals surface area contributed by atoms with E-state index in [4.69, 9.17) is 9.47 Å². The third-order valence-corrected chi connectivity index (χ3v) is 10.3. The zero-order valence-electron chi connectivity index (χ0n) is 23.8. The molecule has 2 bridgehead atoms. The number of ether oxygens (including phenoxy) is 2. The van der Waals surface area contributed by atoms with Gasteiger partial charge < -0.3 is 25.2 Å². The molecule has 0 heterocycles. The summed E-state index contributed by atoms with van der Waals surface area (Å²) in [6, 6.07) is 4.94. The first-order valence-corrected chi connectivity index (χ1v) is 14.7.